The molecule has 104 valence electrons. The van der Waals surface area contributed by atoms with Crippen LogP contribution in [0.25, 0.3) is 0 Å². The molecule has 0 fully saturated rings. The Morgan fingerprint density at radius 1 is 1.00 bits per heavy atom. The van der Waals surface area contributed by atoms with Crippen LogP contribution in [0.1, 0.15) is 40.9 Å². The van der Waals surface area contributed by atoms with Crippen LogP contribution in [0.3, 0.4) is 0 Å². The molecule has 0 unspecified atom stereocenters. The van der Waals surface area contributed by atoms with E-state index in [0.717, 1.165) is 17.3 Å². The molecule has 20 heavy (non-hydrogen) atoms. The largest absolute Gasteiger partial charge is 0.289 e. The summed E-state index contributed by atoms with van der Waals surface area (Å²) in [5.74, 6) is 0.00514. The van der Waals surface area contributed by atoms with Crippen molar-refractivity contribution in [2.75, 3.05) is 0 Å². The predicted octanol–water partition coefficient (Wildman–Crippen LogP) is 5.46. The minimum Gasteiger partial charge on any atom is -0.289 e. The summed E-state index contributed by atoms with van der Waals surface area (Å²) in [6.45, 7) is 4.24. The van der Waals surface area contributed by atoms with Crippen LogP contribution in [-0.4, -0.2) is 5.78 Å². The molecule has 2 aromatic rings. The van der Waals surface area contributed by atoms with Crippen molar-refractivity contribution >= 4 is 33.3 Å². The summed E-state index contributed by atoms with van der Waals surface area (Å²) in [6.07, 6.45) is 1.92. The molecule has 2 rings (SSSR count). The average molecular weight is 352 g/mol. The molecule has 0 bridgehead atoms. The molecule has 0 heterocycles. The van der Waals surface area contributed by atoms with Crippen LogP contribution in [0.2, 0.25) is 5.02 Å². The Kier molecular flexibility index (Phi) is 5.00. The molecule has 0 spiro atoms. The number of carbonyl (C=O) groups excluding carboxylic acids is 1. The zero-order valence-electron chi connectivity index (χ0n) is 11.5. The zero-order valence-corrected chi connectivity index (χ0v) is 13.9. The maximum atomic E-state index is 12.5. The van der Waals surface area contributed by atoms with E-state index in [-0.39, 0.29) is 5.78 Å². The first-order chi connectivity index (χ1) is 9.55. The molecule has 0 saturated heterocycles. The summed E-state index contributed by atoms with van der Waals surface area (Å²) in [5.41, 5.74) is 3.86. The Labute approximate surface area is 133 Å². The van der Waals surface area contributed by atoms with E-state index in [2.05, 4.69) is 29.8 Å². The van der Waals surface area contributed by atoms with Gasteiger partial charge in [0.15, 0.2) is 5.78 Å². The van der Waals surface area contributed by atoms with Crippen molar-refractivity contribution in [3.05, 3.63) is 68.1 Å². The third-order valence-electron chi connectivity index (χ3n) is 3.36. The number of rotatable bonds is 4. The molecule has 0 amide bonds. The Morgan fingerprint density at radius 2 is 1.70 bits per heavy atom. The molecule has 1 nitrogen and oxygen atoms in total. The average Bonchev–Trinajstić information content (AvgIpc) is 2.44. The molecular weight excluding hydrogens is 336 g/mol. The van der Waals surface area contributed by atoms with Crippen LogP contribution in [0, 0.1) is 0 Å². The summed E-state index contributed by atoms with van der Waals surface area (Å²) < 4.78 is 0.814. The fourth-order valence-corrected chi connectivity index (χ4v) is 3.15. The summed E-state index contributed by atoms with van der Waals surface area (Å²) in [5, 5.41) is 0.559. The van der Waals surface area contributed by atoms with Gasteiger partial charge in [-0.1, -0.05) is 53.5 Å². The van der Waals surface area contributed by atoms with E-state index in [1.807, 2.05) is 18.2 Å². The van der Waals surface area contributed by atoms with Gasteiger partial charge in [-0.05, 0) is 48.2 Å². The number of benzene rings is 2. The van der Waals surface area contributed by atoms with Gasteiger partial charge in [-0.2, -0.15) is 0 Å². The molecule has 0 N–H and O–H groups in total. The lowest BCUT2D eigenvalue weighted by Crippen LogP contribution is -2.03. The van der Waals surface area contributed by atoms with E-state index in [1.54, 1.807) is 18.2 Å². The van der Waals surface area contributed by atoms with E-state index in [9.17, 15) is 4.79 Å². The van der Waals surface area contributed by atoms with Crippen molar-refractivity contribution in [3.8, 4) is 0 Å². The van der Waals surface area contributed by atoms with Crippen molar-refractivity contribution in [1.29, 1.82) is 0 Å². The fourth-order valence-electron chi connectivity index (χ4n) is 2.29. The Hall–Kier alpha value is -1.12. The van der Waals surface area contributed by atoms with Gasteiger partial charge in [0, 0.05) is 20.6 Å². The number of ketones is 1. The number of halogens is 2. The summed E-state index contributed by atoms with van der Waals surface area (Å²) in [4.78, 5) is 12.5. The van der Waals surface area contributed by atoms with E-state index in [1.165, 1.54) is 11.1 Å². The number of aryl methyl sites for hydroxylation is 2. The lowest BCUT2D eigenvalue weighted by atomic mass is 9.96. The lowest BCUT2D eigenvalue weighted by Gasteiger charge is -2.09. The van der Waals surface area contributed by atoms with Crippen molar-refractivity contribution < 1.29 is 4.79 Å². The van der Waals surface area contributed by atoms with E-state index >= 15 is 0 Å². The first-order valence-electron chi connectivity index (χ1n) is 6.67. The monoisotopic (exact) mass is 350 g/mol. The molecule has 0 atom stereocenters. The number of hydrogen-bond donors (Lipinski definition) is 0. The first-order valence-corrected chi connectivity index (χ1v) is 7.84. The van der Waals surface area contributed by atoms with Crippen LogP contribution in [0.4, 0.5) is 0 Å². The van der Waals surface area contributed by atoms with Gasteiger partial charge in [0.05, 0.1) is 0 Å². The lowest BCUT2D eigenvalue weighted by molar-refractivity contribution is 0.103. The van der Waals surface area contributed by atoms with E-state index in [0.29, 0.717) is 16.1 Å². The van der Waals surface area contributed by atoms with Gasteiger partial charge >= 0.3 is 0 Å². The second-order valence-corrected chi connectivity index (χ2v) is 6.03. The molecule has 0 aromatic heterocycles. The highest BCUT2D eigenvalue weighted by atomic mass is 79.9. The van der Waals surface area contributed by atoms with Crippen molar-refractivity contribution in [2.45, 2.75) is 26.7 Å². The summed E-state index contributed by atoms with van der Waals surface area (Å²) >= 11 is 9.37. The Balaban J connectivity index is 2.42. The van der Waals surface area contributed by atoms with Gasteiger partial charge in [0.25, 0.3) is 0 Å². The topological polar surface area (TPSA) is 17.1 Å². The van der Waals surface area contributed by atoms with Crippen LogP contribution in [0.15, 0.2) is 40.9 Å². The normalized spacial score (nSPS) is 10.6. The quantitative estimate of drug-likeness (QED) is 0.669. The molecule has 0 saturated carbocycles. The van der Waals surface area contributed by atoms with E-state index < -0.39 is 0 Å². The van der Waals surface area contributed by atoms with Gasteiger partial charge in [0.2, 0.25) is 0 Å². The van der Waals surface area contributed by atoms with Crippen LogP contribution in [0.5, 0.6) is 0 Å². The predicted molar refractivity (Wildman–Crippen MR) is 87.8 cm³/mol. The molecule has 0 radical (unpaired) electrons. The SMILES string of the molecule is CCc1ccc(C(=O)c2cc(Cl)cc(Br)c2)cc1CC. The van der Waals surface area contributed by atoms with Gasteiger partial charge in [-0.3, -0.25) is 4.79 Å². The van der Waals surface area contributed by atoms with Crippen LogP contribution in [-0.2, 0) is 12.8 Å². The maximum Gasteiger partial charge on any atom is 0.193 e. The fraction of sp³-hybridized carbons (Fsp3) is 0.235. The van der Waals surface area contributed by atoms with Crippen molar-refractivity contribution in [2.24, 2.45) is 0 Å². The standard InChI is InChI=1S/C17H16BrClO/c1-3-11-5-6-13(7-12(11)4-2)17(20)14-8-15(18)10-16(19)9-14/h5-10H,3-4H2,1-2H3. The summed E-state index contributed by atoms with van der Waals surface area (Å²) in [7, 11) is 0. The number of carbonyl (C=O) groups is 1. The minimum absolute atomic E-state index is 0.00514. The highest BCUT2D eigenvalue weighted by Crippen LogP contribution is 2.23. The molecule has 0 aliphatic carbocycles. The second-order valence-electron chi connectivity index (χ2n) is 4.68. The first kappa shape index (κ1) is 15.3. The van der Waals surface area contributed by atoms with Gasteiger partial charge in [0.1, 0.15) is 0 Å². The van der Waals surface area contributed by atoms with E-state index in [4.69, 9.17) is 11.6 Å². The minimum atomic E-state index is 0.00514. The highest BCUT2D eigenvalue weighted by Gasteiger charge is 2.12. The third kappa shape index (κ3) is 3.31. The smallest absolute Gasteiger partial charge is 0.193 e. The van der Waals surface area contributed by atoms with Crippen LogP contribution >= 0.6 is 27.5 Å². The van der Waals surface area contributed by atoms with Gasteiger partial charge in [-0.15, -0.1) is 0 Å². The molecule has 0 aliphatic rings. The maximum absolute atomic E-state index is 12.5. The zero-order chi connectivity index (χ0) is 14.7. The van der Waals surface area contributed by atoms with Crippen molar-refractivity contribution in [1.82, 2.24) is 0 Å². The molecule has 2 aromatic carbocycles. The Bertz CT molecular complexity index is 629. The van der Waals surface area contributed by atoms with Crippen molar-refractivity contribution in [3.63, 3.8) is 0 Å². The van der Waals surface area contributed by atoms with Gasteiger partial charge in [-0.25, -0.2) is 0 Å². The second kappa shape index (κ2) is 6.55. The van der Waals surface area contributed by atoms with Gasteiger partial charge < -0.3 is 0 Å². The molecular formula is C17H16BrClO. The highest BCUT2D eigenvalue weighted by molar-refractivity contribution is 9.10. The van der Waals surface area contributed by atoms with Crippen LogP contribution < -0.4 is 0 Å². The molecule has 0 aliphatic heterocycles. The Morgan fingerprint density at radius 3 is 2.30 bits per heavy atom. The number of hydrogen-bond acceptors (Lipinski definition) is 1. The summed E-state index contributed by atoms with van der Waals surface area (Å²) in [6, 6.07) is 11.2. The third-order valence-corrected chi connectivity index (χ3v) is 4.03. The molecule has 3 heteroatoms.